The number of methoxy groups -OCH3 is 1. The molecule has 1 radical (unpaired) electrons. The average molecular weight is 387 g/mol. The molecule has 0 bridgehead atoms. The first-order chi connectivity index (χ1) is 14.3. The maximum absolute atomic E-state index is 5.40. The molecule has 2 heteroatoms. The Labute approximate surface area is 175 Å². The largest absolute Gasteiger partial charge is 0.497 e. The quantitative estimate of drug-likeness (QED) is 0.306. The van der Waals surface area contributed by atoms with Crippen molar-refractivity contribution < 1.29 is 4.74 Å². The zero-order chi connectivity index (χ0) is 20.4. The third kappa shape index (κ3) is 5.07. The van der Waals surface area contributed by atoms with Gasteiger partial charge in [0, 0.05) is 0 Å². The SMILES string of the molecule is [CH2]CCCCCCNC(c1ccccc1)(c1ccccc1)c1ccc(OC)cc1. The van der Waals surface area contributed by atoms with Crippen molar-refractivity contribution in [3.63, 3.8) is 0 Å². The van der Waals surface area contributed by atoms with E-state index in [1.165, 1.54) is 36.0 Å². The molecule has 151 valence electrons. The zero-order valence-electron chi connectivity index (χ0n) is 17.4. The molecule has 0 aliphatic rings. The lowest BCUT2D eigenvalue weighted by Gasteiger charge is -2.37. The average Bonchev–Trinajstić information content (AvgIpc) is 2.80. The molecule has 0 aromatic heterocycles. The van der Waals surface area contributed by atoms with Crippen LogP contribution in [0, 0.1) is 6.92 Å². The summed E-state index contributed by atoms with van der Waals surface area (Å²) in [4.78, 5) is 0. The molecule has 29 heavy (non-hydrogen) atoms. The summed E-state index contributed by atoms with van der Waals surface area (Å²) in [6.07, 6.45) is 5.86. The zero-order valence-corrected chi connectivity index (χ0v) is 17.4. The second kappa shape index (κ2) is 10.8. The number of rotatable bonds is 11. The van der Waals surface area contributed by atoms with E-state index in [0.29, 0.717) is 0 Å². The summed E-state index contributed by atoms with van der Waals surface area (Å²) < 4.78 is 5.40. The van der Waals surface area contributed by atoms with Crippen molar-refractivity contribution in [2.75, 3.05) is 13.7 Å². The first-order valence-corrected chi connectivity index (χ1v) is 10.6. The minimum atomic E-state index is -0.402. The van der Waals surface area contributed by atoms with Crippen LogP contribution in [-0.4, -0.2) is 13.7 Å². The van der Waals surface area contributed by atoms with E-state index in [1.54, 1.807) is 7.11 Å². The molecule has 1 N–H and O–H groups in total. The van der Waals surface area contributed by atoms with Gasteiger partial charge in [0.15, 0.2) is 0 Å². The molecule has 0 atom stereocenters. The maximum atomic E-state index is 5.40. The van der Waals surface area contributed by atoms with Crippen LogP contribution in [0.25, 0.3) is 0 Å². The van der Waals surface area contributed by atoms with E-state index in [4.69, 9.17) is 4.74 Å². The van der Waals surface area contributed by atoms with Gasteiger partial charge in [0.25, 0.3) is 0 Å². The Bertz CT molecular complexity index is 788. The number of nitrogens with one attached hydrogen (secondary N) is 1. The minimum Gasteiger partial charge on any atom is -0.497 e. The highest BCUT2D eigenvalue weighted by molar-refractivity contribution is 5.50. The van der Waals surface area contributed by atoms with Crippen LogP contribution in [0.5, 0.6) is 5.75 Å². The summed E-state index contributed by atoms with van der Waals surface area (Å²) in [5, 5.41) is 3.94. The van der Waals surface area contributed by atoms with E-state index < -0.39 is 5.54 Å². The van der Waals surface area contributed by atoms with Crippen LogP contribution < -0.4 is 10.1 Å². The van der Waals surface area contributed by atoms with Gasteiger partial charge in [0.2, 0.25) is 0 Å². The Morgan fingerprint density at radius 3 is 1.72 bits per heavy atom. The summed E-state index contributed by atoms with van der Waals surface area (Å²) in [7, 11) is 1.71. The van der Waals surface area contributed by atoms with Gasteiger partial charge in [0.05, 0.1) is 12.6 Å². The summed E-state index contributed by atoms with van der Waals surface area (Å²) in [5.41, 5.74) is 3.30. The molecule has 0 unspecified atom stereocenters. The van der Waals surface area contributed by atoms with Crippen molar-refractivity contribution in [2.24, 2.45) is 0 Å². The highest BCUT2D eigenvalue weighted by Gasteiger charge is 2.35. The van der Waals surface area contributed by atoms with Gasteiger partial charge in [-0.15, -0.1) is 0 Å². The monoisotopic (exact) mass is 386 g/mol. The van der Waals surface area contributed by atoms with Crippen LogP contribution in [0.4, 0.5) is 0 Å². The normalized spacial score (nSPS) is 11.4. The molecule has 0 aliphatic carbocycles. The van der Waals surface area contributed by atoms with E-state index in [0.717, 1.165) is 25.1 Å². The summed E-state index contributed by atoms with van der Waals surface area (Å²) >= 11 is 0. The van der Waals surface area contributed by atoms with E-state index >= 15 is 0 Å². The molecule has 0 amide bonds. The first kappa shape index (κ1) is 21.1. The van der Waals surface area contributed by atoms with Crippen molar-refractivity contribution in [3.05, 3.63) is 109 Å². The van der Waals surface area contributed by atoms with Gasteiger partial charge >= 0.3 is 0 Å². The van der Waals surface area contributed by atoms with E-state index in [9.17, 15) is 0 Å². The summed E-state index contributed by atoms with van der Waals surface area (Å²) in [6.45, 7) is 4.90. The Balaban J connectivity index is 2.01. The van der Waals surface area contributed by atoms with Crippen molar-refractivity contribution in [2.45, 2.75) is 37.6 Å². The lowest BCUT2D eigenvalue weighted by molar-refractivity contribution is 0.413. The van der Waals surface area contributed by atoms with Crippen LogP contribution >= 0.6 is 0 Å². The molecule has 2 nitrogen and oxygen atoms in total. The third-order valence-electron chi connectivity index (χ3n) is 5.50. The number of unbranched alkanes of at least 4 members (excludes halogenated alkanes) is 4. The molecule has 0 aliphatic heterocycles. The fraction of sp³-hybridized carbons (Fsp3) is 0.296. The predicted molar refractivity (Wildman–Crippen MR) is 122 cm³/mol. The molecule has 0 fully saturated rings. The minimum absolute atomic E-state index is 0.402. The second-order valence-corrected chi connectivity index (χ2v) is 7.41. The lowest BCUT2D eigenvalue weighted by Crippen LogP contribution is -2.45. The van der Waals surface area contributed by atoms with Crippen molar-refractivity contribution in [3.8, 4) is 5.75 Å². The highest BCUT2D eigenvalue weighted by atomic mass is 16.5. The molecule has 3 aromatic rings. The summed E-state index contributed by atoms with van der Waals surface area (Å²) in [5.74, 6) is 0.872. The van der Waals surface area contributed by atoms with Crippen LogP contribution in [0.15, 0.2) is 84.9 Å². The standard InChI is InChI=1S/C27H32NO/c1-3-4-5-6-13-22-28-27(23-14-9-7-10-15-23,24-16-11-8-12-17-24)25-18-20-26(29-2)21-19-25/h7-12,14-21,28H,1,3-6,13,22H2,2H3. The fourth-order valence-electron chi connectivity index (χ4n) is 3.95. The Kier molecular flexibility index (Phi) is 7.89. The van der Waals surface area contributed by atoms with Gasteiger partial charge in [-0.1, -0.05) is 105 Å². The highest BCUT2D eigenvalue weighted by Crippen LogP contribution is 2.37. The van der Waals surface area contributed by atoms with Crippen molar-refractivity contribution in [1.82, 2.24) is 5.32 Å². The topological polar surface area (TPSA) is 21.3 Å². The third-order valence-corrected chi connectivity index (χ3v) is 5.50. The molecule has 0 spiro atoms. The van der Waals surface area contributed by atoms with E-state index in [2.05, 4.69) is 85.0 Å². The molecular weight excluding hydrogens is 354 g/mol. The molecule has 3 aromatic carbocycles. The first-order valence-electron chi connectivity index (χ1n) is 10.6. The molecule has 3 rings (SSSR count). The van der Waals surface area contributed by atoms with Crippen LogP contribution in [0.1, 0.15) is 48.8 Å². The van der Waals surface area contributed by atoms with Crippen molar-refractivity contribution >= 4 is 0 Å². The Morgan fingerprint density at radius 2 is 1.21 bits per heavy atom. The molecular formula is C27H32NO. The van der Waals surface area contributed by atoms with E-state index in [-0.39, 0.29) is 0 Å². The smallest absolute Gasteiger partial charge is 0.118 e. The van der Waals surface area contributed by atoms with Gasteiger partial charge < -0.3 is 4.74 Å². The van der Waals surface area contributed by atoms with E-state index in [1.807, 2.05) is 12.1 Å². The van der Waals surface area contributed by atoms with Gasteiger partial charge in [-0.25, -0.2) is 0 Å². The fourth-order valence-corrected chi connectivity index (χ4v) is 3.95. The van der Waals surface area contributed by atoms with Gasteiger partial charge in [-0.3, -0.25) is 5.32 Å². The van der Waals surface area contributed by atoms with Crippen molar-refractivity contribution in [1.29, 1.82) is 0 Å². The molecule has 0 saturated carbocycles. The van der Waals surface area contributed by atoms with Crippen LogP contribution in [-0.2, 0) is 5.54 Å². The van der Waals surface area contributed by atoms with Gasteiger partial charge in [-0.05, 0) is 41.8 Å². The molecule has 0 saturated heterocycles. The number of hydrogen-bond donors (Lipinski definition) is 1. The van der Waals surface area contributed by atoms with Crippen LogP contribution in [0.3, 0.4) is 0 Å². The Morgan fingerprint density at radius 1 is 0.690 bits per heavy atom. The Hall–Kier alpha value is -2.58. The number of ether oxygens (including phenoxy) is 1. The predicted octanol–water partition coefficient (Wildman–Crippen LogP) is 6.36. The lowest BCUT2D eigenvalue weighted by atomic mass is 9.77. The van der Waals surface area contributed by atoms with Crippen LogP contribution in [0.2, 0.25) is 0 Å². The number of benzene rings is 3. The van der Waals surface area contributed by atoms with Gasteiger partial charge in [0.1, 0.15) is 5.75 Å². The summed E-state index contributed by atoms with van der Waals surface area (Å²) in [6, 6.07) is 29.9. The van der Waals surface area contributed by atoms with Gasteiger partial charge in [-0.2, -0.15) is 0 Å². The number of hydrogen-bond acceptors (Lipinski definition) is 2. The maximum Gasteiger partial charge on any atom is 0.118 e. The second-order valence-electron chi connectivity index (χ2n) is 7.41. The molecule has 0 heterocycles.